The lowest BCUT2D eigenvalue weighted by Crippen LogP contribution is -2.25. The number of rotatable bonds is 6. The topological polar surface area (TPSA) is 89.3 Å². The van der Waals surface area contributed by atoms with Gasteiger partial charge in [-0.15, -0.1) is 0 Å². The summed E-state index contributed by atoms with van der Waals surface area (Å²) in [7, 11) is -4.01. The van der Waals surface area contributed by atoms with Crippen LogP contribution in [0.15, 0.2) is 17.0 Å². The number of hydrogen-bond donors (Lipinski definition) is 2. The van der Waals surface area contributed by atoms with E-state index >= 15 is 0 Å². The van der Waals surface area contributed by atoms with Crippen LogP contribution in [0.1, 0.15) is 36.5 Å². The Morgan fingerprint density at radius 1 is 1.25 bits per heavy atom. The van der Waals surface area contributed by atoms with Crippen molar-refractivity contribution in [1.29, 1.82) is 0 Å². The van der Waals surface area contributed by atoms with Crippen LogP contribution >= 0.6 is 23.2 Å². The van der Waals surface area contributed by atoms with E-state index in [-0.39, 0.29) is 20.5 Å². The third-order valence-corrected chi connectivity index (χ3v) is 4.33. The molecular weight excluding hydrogens is 323 g/mol. The molecule has 20 heavy (non-hydrogen) atoms. The number of halogens is 2. The van der Waals surface area contributed by atoms with E-state index in [0.717, 1.165) is 25.3 Å². The van der Waals surface area contributed by atoms with E-state index in [9.17, 15) is 13.2 Å². The van der Waals surface area contributed by atoms with E-state index in [1.165, 1.54) is 6.07 Å². The van der Waals surface area contributed by atoms with Gasteiger partial charge in [-0.2, -0.15) is 0 Å². The van der Waals surface area contributed by atoms with Gasteiger partial charge in [0.2, 0.25) is 10.0 Å². The number of unbranched alkanes of at least 4 members (excludes halogenated alkanes) is 2. The Labute approximate surface area is 128 Å². The molecule has 0 fully saturated rings. The van der Waals surface area contributed by atoms with Crippen LogP contribution in [0, 0.1) is 0 Å². The van der Waals surface area contributed by atoms with E-state index in [1.54, 1.807) is 0 Å². The molecule has 1 amide bonds. The van der Waals surface area contributed by atoms with Gasteiger partial charge in [-0.1, -0.05) is 43.0 Å². The molecule has 0 spiro atoms. The van der Waals surface area contributed by atoms with Gasteiger partial charge < -0.3 is 5.32 Å². The standard InChI is InChI=1S/C12H16Cl2N2O3S/c1-2-3-4-5-16-12(17)8-6-11(20(15,18)19)10(14)7-9(8)13/h6-7H,2-5H2,1H3,(H,16,17)(H2,15,18,19). The van der Waals surface area contributed by atoms with Crippen molar-refractivity contribution in [3.63, 3.8) is 0 Å². The molecule has 0 heterocycles. The molecule has 0 unspecified atom stereocenters. The number of nitrogens with one attached hydrogen (secondary N) is 1. The Morgan fingerprint density at radius 2 is 1.90 bits per heavy atom. The number of hydrogen-bond acceptors (Lipinski definition) is 3. The molecule has 3 N–H and O–H groups in total. The first-order valence-electron chi connectivity index (χ1n) is 6.07. The highest BCUT2D eigenvalue weighted by molar-refractivity contribution is 7.89. The Balaban J connectivity index is 2.98. The number of nitrogens with two attached hydrogens (primary N) is 1. The van der Waals surface area contributed by atoms with Gasteiger partial charge >= 0.3 is 0 Å². The molecule has 0 aliphatic heterocycles. The van der Waals surface area contributed by atoms with Gasteiger partial charge in [0.1, 0.15) is 4.90 Å². The normalized spacial score (nSPS) is 11.4. The van der Waals surface area contributed by atoms with Crippen LogP contribution < -0.4 is 10.5 Å². The van der Waals surface area contributed by atoms with Crippen LogP contribution in [-0.2, 0) is 10.0 Å². The van der Waals surface area contributed by atoms with Crippen LogP contribution in [-0.4, -0.2) is 20.9 Å². The molecule has 0 bridgehead atoms. The fourth-order valence-electron chi connectivity index (χ4n) is 1.59. The molecule has 1 aromatic rings. The Hall–Kier alpha value is -0.820. The predicted molar refractivity (Wildman–Crippen MR) is 79.7 cm³/mol. The summed E-state index contributed by atoms with van der Waals surface area (Å²) in [4.78, 5) is 11.6. The van der Waals surface area contributed by atoms with E-state index in [4.69, 9.17) is 28.3 Å². The first-order chi connectivity index (χ1) is 9.27. The fourth-order valence-corrected chi connectivity index (χ4v) is 3.00. The smallest absolute Gasteiger partial charge is 0.252 e. The third-order valence-electron chi connectivity index (χ3n) is 2.64. The maximum Gasteiger partial charge on any atom is 0.252 e. The van der Waals surface area contributed by atoms with E-state index in [1.807, 2.05) is 0 Å². The summed E-state index contributed by atoms with van der Waals surface area (Å²) in [6, 6.07) is 2.29. The lowest BCUT2D eigenvalue weighted by atomic mass is 10.2. The highest BCUT2D eigenvalue weighted by atomic mass is 35.5. The second-order valence-electron chi connectivity index (χ2n) is 4.27. The number of amides is 1. The largest absolute Gasteiger partial charge is 0.352 e. The van der Waals surface area contributed by atoms with Crippen molar-refractivity contribution in [2.75, 3.05) is 6.54 Å². The second-order valence-corrected chi connectivity index (χ2v) is 6.61. The summed E-state index contributed by atoms with van der Waals surface area (Å²) in [6.45, 7) is 2.55. The van der Waals surface area contributed by atoms with Crippen molar-refractivity contribution in [2.24, 2.45) is 5.14 Å². The molecule has 0 aliphatic carbocycles. The number of sulfonamides is 1. The molecule has 0 aromatic heterocycles. The lowest BCUT2D eigenvalue weighted by molar-refractivity contribution is 0.0953. The summed E-state index contributed by atoms with van der Waals surface area (Å²) < 4.78 is 22.7. The molecule has 1 aromatic carbocycles. The minimum atomic E-state index is -4.01. The second kappa shape index (κ2) is 7.26. The van der Waals surface area contributed by atoms with Gasteiger partial charge in [0, 0.05) is 6.54 Å². The lowest BCUT2D eigenvalue weighted by Gasteiger charge is -2.09. The summed E-state index contributed by atoms with van der Waals surface area (Å²) in [5.74, 6) is -0.451. The summed E-state index contributed by atoms with van der Waals surface area (Å²) in [5.41, 5.74) is 0.0385. The number of carbonyl (C=O) groups excluding carboxylic acids is 1. The average Bonchev–Trinajstić information content (AvgIpc) is 2.32. The molecular formula is C12H16Cl2N2O3S. The molecule has 112 valence electrons. The Bertz CT molecular complexity index is 603. The van der Waals surface area contributed by atoms with Gasteiger partial charge in [0.15, 0.2) is 0 Å². The van der Waals surface area contributed by atoms with Crippen LogP contribution in [0.25, 0.3) is 0 Å². The van der Waals surface area contributed by atoms with Crippen molar-refractivity contribution < 1.29 is 13.2 Å². The van der Waals surface area contributed by atoms with Crippen LogP contribution in [0.2, 0.25) is 10.0 Å². The van der Waals surface area contributed by atoms with E-state index in [0.29, 0.717) is 6.54 Å². The summed E-state index contributed by atoms with van der Waals surface area (Å²) in [5, 5.41) is 7.67. The number of benzene rings is 1. The summed E-state index contributed by atoms with van der Waals surface area (Å²) in [6.07, 6.45) is 2.87. The minimum absolute atomic E-state index is 0.0385. The van der Waals surface area contributed by atoms with E-state index in [2.05, 4.69) is 12.2 Å². The van der Waals surface area contributed by atoms with Crippen molar-refractivity contribution in [3.8, 4) is 0 Å². The zero-order valence-corrected chi connectivity index (χ0v) is 13.3. The van der Waals surface area contributed by atoms with Crippen molar-refractivity contribution in [1.82, 2.24) is 5.32 Å². The van der Waals surface area contributed by atoms with Crippen LogP contribution in [0.5, 0.6) is 0 Å². The molecule has 0 saturated heterocycles. The Morgan fingerprint density at radius 3 is 2.45 bits per heavy atom. The highest BCUT2D eigenvalue weighted by Gasteiger charge is 2.19. The van der Waals surface area contributed by atoms with Crippen molar-refractivity contribution >= 4 is 39.1 Å². The summed E-state index contributed by atoms with van der Waals surface area (Å²) >= 11 is 11.7. The minimum Gasteiger partial charge on any atom is -0.352 e. The first-order valence-corrected chi connectivity index (χ1v) is 8.37. The highest BCUT2D eigenvalue weighted by Crippen LogP contribution is 2.27. The maximum atomic E-state index is 11.9. The number of primary sulfonamides is 1. The average molecular weight is 339 g/mol. The van der Waals surface area contributed by atoms with Gasteiger partial charge in [-0.25, -0.2) is 13.6 Å². The molecule has 5 nitrogen and oxygen atoms in total. The first kappa shape index (κ1) is 17.2. The monoisotopic (exact) mass is 338 g/mol. The van der Waals surface area contributed by atoms with Gasteiger partial charge in [0.25, 0.3) is 5.91 Å². The molecule has 1 rings (SSSR count). The van der Waals surface area contributed by atoms with Gasteiger partial charge in [-0.3, -0.25) is 4.79 Å². The molecule has 8 heteroatoms. The Kier molecular flexibility index (Phi) is 6.26. The maximum absolute atomic E-state index is 11.9. The fraction of sp³-hybridized carbons (Fsp3) is 0.417. The van der Waals surface area contributed by atoms with Crippen LogP contribution in [0.4, 0.5) is 0 Å². The van der Waals surface area contributed by atoms with Gasteiger partial charge in [-0.05, 0) is 18.6 Å². The number of carbonyl (C=O) groups is 1. The third kappa shape index (κ3) is 4.63. The zero-order chi connectivity index (χ0) is 15.3. The van der Waals surface area contributed by atoms with Gasteiger partial charge in [0.05, 0.1) is 15.6 Å². The molecule has 0 aliphatic rings. The quantitative estimate of drug-likeness (QED) is 0.781. The van der Waals surface area contributed by atoms with Crippen LogP contribution in [0.3, 0.4) is 0 Å². The molecule has 0 radical (unpaired) electrons. The predicted octanol–water partition coefficient (Wildman–Crippen LogP) is 2.56. The van der Waals surface area contributed by atoms with Crippen molar-refractivity contribution in [3.05, 3.63) is 27.7 Å². The van der Waals surface area contributed by atoms with Crippen molar-refractivity contribution in [2.45, 2.75) is 31.1 Å². The molecule has 0 atom stereocenters. The van der Waals surface area contributed by atoms with E-state index < -0.39 is 15.9 Å². The SMILES string of the molecule is CCCCCNC(=O)c1cc(S(N)(=O)=O)c(Cl)cc1Cl. The zero-order valence-electron chi connectivity index (χ0n) is 10.9. The molecule has 0 saturated carbocycles.